The van der Waals surface area contributed by atoms with E-state index in [1.54, 1.807) is 0 Å². The first-order valence-corrected chi connectivity index (χ1v) is 20.2. The van der Waals surface area contributed by atoms with Crippen LogP contribution in [0.4, 0.5) is 0 Å². The van der Waals surface area contributed by atoms with Crippen LogP contribution in [-0.2, 0) is 43.2 Å². The van der Waals surface area contributed by atoms with Crippen LogP contribution >= 0.6 is 0 Å². The maximum Gasteiger partial charge on any atom is 0.326 e. The fourth-order valence-electron chi connectivity index (χ4n) is 5.94. The summed E-state index contributed by atoms with van der Waals surface area (Å²) in [6.45, 7) is 0.239. The Morgan fingerprint density at radius 3 is 1.02 bits per heavy atom. The Kier molecular flexibility index (Phi) is 31.0. The predicted molar refractivity (Wildman–Crippen MR) is 205 cm³/mol. The highest BCUT2D eigenvalue weighted by Gasteiger charge is 2.26. The quantitative estimate of drug-likeness (QED) is 0.0321. The molecule has 0 radical (unpaired) electrons. The fourth-order valence-corrected chi connectivity index (χ4v) is 5.94. The lowest BCUT2D eigenvalue weighted by atomic mass is 10.0. The van der Waals surface area contributed by atoms with Gasteiger partial charge in [-0.2, -0.15) is 0 Å². The van der Waals surface area contributed by atoms with Crippen molar-refractivity contribution in [2.75, 3.05) is 6.54 Å². The molecule has 17 heteroatoms. The molecule has 0 bridgehead atoms. The van der Waals surface area contributed by atoms with Crippen LogP contribution in [0.5, 0.6) is 0 Å². The second-order valence-electron chi connectivity index (χ2n) is 14.2. The normalized spacial score (nSPS) is 12.4. The number of hydrogen-bond donors (Lipinski definition) is 8. The number of carboxylic acids is 4. The molecule has 56 heavy (non-hydrogen) atoms. The van der Waals surface area contributed by atoms with Crippen LogP contribution in [0.1, 0.15) is 167 Å². The molecule has 0 aromatic rings. The molecule has 17 nitrogen and oxygen atoms in total. The van der Waals surface area contributed by atoms with Gasteiger partial charge in [-0.3, -0.25) is 24.0 Å². The van der Waals surface area contributed by atoms with E-state index >= 15 is 0 Å². The Morgan fingerprint density at radius 2 is 0.696 bits per heavy atom. The van der Waals surface area contributed by atoms with E-state index in [0.717, 1.165) is 44.9 Å². The van der Waals surface area contributed by atoms with E-state index in [1.165, 1.54) is 51.4 Å². The van der Waals surface area contributed by atoms with E-state index in [9.17, 15) is 58.5 Å². The average Bonchev–Trinajstić information content (AvgIpc) is 3.14. The van der Waals surface area contributed by atoms with Gasteiger partial charge < -0.3 is 46.5 Å². The molecule has 0 saturated carbocycles. The van der Waals surface area contributed by atoms with Crippen LogP contribution in [0.15, 0.2) is 0 Å². The summed E-state index contributed by atoms with van der Waals surface area (Å²) in [6.07, 6.45) is 16.9. The molecular formula is C39H66N4O13. The topological polar surface area (TPSA) is 283 Å². The van der Waals surface area contributed by atoms with Gasteiger partial charge in [-0.25, -0.2) is 14.4 Å². The van der Waals surface area contributed by atoms with Crippen LogP contribution in [0, 0.1) is 0 Å². The van der Waals surface area contributed by atoms with Crippen molar-refractivity contribution in [2.45, 2.75) is 185 Å². The van der Waals surface area contributed by atoms with Gasteiger partial charge in [0.1, 0.15) is 24.4 Å². The number of amides is 4. The standard InChI is InChI=1S/C39H66N4O13/c44-28-18-17-27-40-32(45)24-21-29(37(51)52)42-34(47)26-23-31(39(55)56)43-35(48)25-22-30(38(53)54)41-33(46)19-15-13-11-9-7-5-3-1-2-4-6-8-10-12-14-16-20-36(49)50/h28-31H,1-27H2,(H,40,45)(H,41,46)(H,42,47)(H,43,48)(H,49,50)(H,51,52)(H,53,54)(H,55,56)/t29-,30-,31-/m0/s1. The number of aliphatic carboxylic acids is 4. The van der Waals surface area contributed by atoms with Gasteiger partial charge in [0, 0.05) is 45.1 Å². The van der Waals surface area contributed by atoms with Crippen molar-refractivity contribution in [1.29, 1.82) is 0 Å². The third-order valence-electron chi connectivity index (χ3n) is 9.25. The van der Waals surface area contributed by atoms with E-state index in [4.69, 9.17) is 5.11 Å². The predicted octanol–water partition coefficient (Wildman–Crippen LogP) is 4.24. The van der Waals surface area contributed by atoms with E-state index in [2.05, 4.69) is 21.3 Å². The molecule has 8 N–H and O–H groups in total. The van der Waals surface area contributed by atoms with Crippen LogP contribution < -0.4 is 21.3 Å². The molecule has 0 aliphatic heterocycles. The van der Waals surface area contributed by atoms with Crippen molar-refractivity contribution < 1.29 is 63.6 Å². The number of carbonyl (C=O) groups excluding carboxylic acids is 5. The summed E-state index contributed by atoms with van der Waals surface area (Å²) in [5, 5.41) is 46.5. The Bertz CT molecular complexity index is 1210. The number of carboxylic acid groups (broad SMARTS) is 4. The Balaban J connectivity index is 4.25. The highest BCUT2D eigenvalue weighted by Crippen LogP contribution is 2.15. The molecule has 3 atom stereocenters. The summed E-state index contributed by atoms with van der Waals surface area (Å²) in [7, 11) is 0. The molecule has 0 heterocycles. The molecule has 0 saturated heterocycles. The molecule has 4 amide bonds. The second-order valence-corrected chi connectivity index (χ2v) is 14.2. The van der Waals surface area contributed by atoms with Gasteiger partial charge in [0.05, 0.1) is 0 Å². The van der Waals surface area contributed by atoms with Crippen LogP contribution in [-0.4, -0.2) is 98.9 Å². The van der Waals surface area contributed by atoms with Crippen molar-refractivity contribution in [1.82, 2.24) is 21.3 Å². The highest BCUT2D eigenvalue weighted by molar-refractivity contribution is 5.87. The van der Waals surface area contributed by atoms with Crippen molar-refractivity contribution in [2.24, 2.45) is 0 Å². The SMILES string of the molecule is O=CCCCNC(=O)CC[C@H](NC(=O)CC[C@H](NC(=O)CC[C@H](NC(=O)CCCCCCCCCCCCCCCCCCC(=O)O)C(=O)O)C(=O)O)C(=O)O. The largest absolute Gasteiger partial charge is 0.481 e. The van der Waals surface area contributed by atoms with E-state index in [0.29, 0.717) is 19.1 Å². The van der Waals surface area contributed by atoms with Crippen LogP contribution in [0.3, 0.4) is 0 Å². The zero-order chi connectivity index (χ0) is 42.0. The first-order valence-electron chi connectivity index (χ1n) is 20.2. The van der Waals surface area contributed by atoms with Crippen molar-refractivity contribution in [3.63, 3.8) is 0 Å². The summed E-state index contributed by atoms with van der Waals surface area (Å²) >= 11 is 0. The van der Waals surface area contributed by atoms with Crippen LogP contribution in [0.2, 0.25) is 0 Å². The van der Waals surface area contributed by atoms with Gasteiger partial charge in [-0.15, -0.1) is 0 Å². The van der Waals surface area contributed by atoms with Crippen molar-refractivity contribution >= 4 is 53.8 Å². The zero-order valence-electron chi connectivity index (χ0n) is 32.9. The summed E-state index contributed by atoms with van der Waals surface area (Å²) in [5.41, 5.74) is 0. The number of rotatable bonds is 38. The summed E-state index contributed by atoms with van der Waals surface area (Å²) in [4.78, 5) is 105. The molecule has 0 aromatic carbocycles. The minimum Gasteiger partial charge on any atom is -0.481 e. The molecule has 0 unspecified atom stereocenters. The molecule has 320 valence electrons. The van der Waals surface area contributed by atoms with Gasteiger partial charge in [0.25, 0.3) is 0 Å². The third-order valence-corrected chi connectivity index (χ3v) is 9.25. The first-order chi connectivity index (χ1) is 26.8. The molecule has 0 aromatic heterocycles. The molecule has 0 rings (SSSR count). The Labute approximate surface area is 329 Å². The fraction of sp³-hybridized carbons (Fsp3) is 0.769. The molecule has 0 fully saturated rings. The molecular weight excluding hydrogens is 732 g/mol. The van der Waals surface area contributed by atoms with Crippen molar-refractivity contribution in [3.8, 4) is 0 Å². The zero-order valence-corrected chi connectivity index (χ0v) is 32.9. The highest BCUT2D eigenvalue weighted by atomic mass is 16.4. The molecule has 0 aliphatic rings. The van der Waals surface area contributed by atoms with Gasteiger partial charge in [0.15, 0.2) is 0 Å². The van der Waals surface area contributed by atoms with E-state index in [1.807, 2.05) is 0 Å². The maximum atomic E-state index is 12.5. The first kappa shape index (κ1) is 51.4. The lowest BCUT2D eigenvalue weighted by molar-refractivity contribution is -0.144. The monoisotopic (exact) mass is 798 g/mol. The lowest BCUT2D eigenvalue weighted by Crippen LogP contribution is -2.45. The number of unbranched alkanes of at least 4 members (excludes halogenated alkanes) is 16. The maximum absolute atomic E-state index is 12.5. The Morgan fingerprint density at radius 1 is 0.393 bits per heavy atom. The van der Waals surface area contributed by atoms with Crippen molar-refractivity contribution in [3.05, 3.63) is 0 Å². The third kappa shape index (κ3) is 30.7. The number of carbonyl (C=O) groups is 9. The van der Waals surface area contributed by atoms with Gasteiger partial charge in [-0.1, -0.05) is 89.9 Å². The minimum atomic E-state index is -1.53. The number of hydrogen-bond acceptors (Lipinski definition) is 9. The van der Waals surface area contributed by atoms with E-state index in [-0.39, 0.29) is 45.1 Å². The van der Waals surface area contributed by atoms with Gasteiger partial charge in [0.2, 0.25) is 23.6 Å². The molecule has 0 aliphatic carbocycles. The second kappa shape index (κ2) is 33.7. The number of aldehydes is 1. The summed E-state index contributed by atoms with van der Waals surface area (Å²) in [6, 6.07) is -4.30. The number of nitrogens with one attached hydrogen (secondary N) is 4. The summed E-state index contributed by atoms with van der Waals surface area (Å²) < 4.78 is 0. The lowest BCUT2D eigenvalue weighted by Gasteiger charge is -2.18. The summed E-state index contributed by atoms with van der Waals surface area (Å²) in [5.74, 6) is -7.46. The molecule has 0 spiro atoms. The van der Waals surface area contributed by atoms with Crippen LogP contribution in [0.25, 0.3) is 0 Å². The average molecular weight is 799 g/mol. The van der Waals surface area contributed by atoms with Gasteiger partial charge in [-0.05, 0) is 38.5 Å². The van der Waals surface area contributed by atoms with E-state index < -0.39 is 84.9 Å². The smallest absolute Gasteiger partial charge is 0.326 e. The minimum absolute atomic E-state index is 0.139. The van der Waals surface area contributed by atoms with Gasteiger partial charge >= 0.3 is 23.9 Å². The Hall–Kier alpha value is -4.57.